The Kier molecular flexibility index (Phi) is 5.35. The number of benzene rings is 1. The molecule has 2 heterocycles. The highest BCUT2D eigenvalue weighted by atomic mass is 16.6. The molecule has 1 saturated heterocycles. The Balaban J connectivity index is 1.42. The van der Waals surface area contributed by atoms with Crippen LogP contribution < -0.4 is 4.74 Å². The van der Waals surface area contributed by atoms with Crippen molar-refractivity contribution in [2.24, 2.45) is 0 Å². The van der Waals surface area contributed by atoms with Crippen molar-refractivity contribution in [3.8, 4) is 11.5 Å². The molecule has 2 aliphatic carbocycles. The van der Waals surface area contributed by atoms with Crippen LogP contribution in [0.15, 0.2) is 24.0 Å². The Morgan fingerprint density at radius 3 is 2.77 bits per heavy atom. The molecule has 2 bridgehead atoms. The lowest BCUT2D eigenvalue weighted by Crippen LogP contribution is -2.74. The van der Waals surface area contributed by atoms with Crippen LogP contribution in [-0.4, -0.2) is 86.8 Å². The van der Waals surface area contributed by atoms with Gasteiger partial charge in [-0.05, 0) is 51.1 Å². The van der Waals surface area contributed by atoms with Crippen LogP contribution in [0.1, 0.15) is 37.3 Å². The standard InChI is InChI=1S/C24H27NO10/c1-11(33-17(28)10-14(27)21(29)30)22(31)34-15-5-6-24(32)16-9-12-3-4-13(26)19-18(12)23(24,20(15)35-19)7-8-25(16)2/h3-5,11,14,16,20,26-27,32H,6-10H2,1-2H3,(H,29,30)/t11-,14-,16-,20-,23-,24+/m0/s1. The summed E-state index contributed by atoms with van der Waals surface area (Å²) in [6.45, 7) is 1.94. The highest BCUT2D eigenvalue weighted by Crippen LogP contribution is 2.65. The maximum Gasteiger partial charge on any atom is 0.352 e. The molecular weight excluding hydrogens is 462 g/mol. The molecule has 6 atom stereocenters. The summed E-state index contributed by atoms with van der Waals surface area (Å²) < 4.78 is 16.7. The van der Waals surface area contributed by atoms with E-state index in [1.165, 1.54) is 6.92 Å². The maximum absolute atomic E-state index is 12.8. The first-order chi connectivity index (χ1) is 16.5. The lowest BCUT2D eigenvalue weighted by Gasteiger charge is -2.61. The second-order valence-corrected chi connectivity index (χ2v) is 9.71. The lowest BCUT2D eigenvalue weighted by molar-refractivity contribution is -0.176. The van der Waals surface area contributed by atoms with Gasteiger partial charge in [-0.25, -0.2) is 9.59 Å². The van der Waals surface area contributed by atoms with E-state index in [1.54, 1.807) is 12.1 Å². The number of likely N-dealkylation sites (tertiary alicyclic amines) is 1. The molecule has 0 radical (unpaired) electrons. The van der Waals surface area contributed by atoms with Gasteiger partial charge in [-0.3, -0.25) is 4.79 Å². The summed E-state index contributed by atoms with van der Waals surface area (Å²) in [5.41, 5.74) is -0.425. The van der Waals surface area contributed by atoms with Crippen molar-refractivity contribution < 1.29 is 49.0 Å². The molecule has 0 unspecified atom stereocenters. The van der Waals surface area contributed by atoms with Crippen molar-refractivity contribution in [2.45, 2.75) is 68.0 Å². The van der Waals surface area contributed by atoms with Gasteiger partial charge >= 0.3 is 17.9 Å². The molecule has 35 heavy (non-hydrogen) atoms. The number of phenolic OH excluding ortho intramolecular Hbond substituents is 1. The number of carboxylic acid groups (broad SMARTS) is 1. The van der Waals surface area contributed by atoms with Crippen molar-refractivity contribution >= 4 is 17.9 Å². The second-order valence-electron chi connectivity index (χ2n) is 9.71. The molecule has 5 rings (SSSR count). The van der Waals surface area contributed by atoms with Crippen LogP contribution in [0.4, 0.5) is 0 Å². The molecule has 11 heteroatoms. The van der Waals surface area contributed by atoms with Gasteiger partial charge in [-0.2, -0.15) is 0 Å². The topological polar surface area (TPSA) is 163 Å². The number of carbonyl (C=O) groups is 3. The number of likely N-dealkylation sites (N-methyl/N-ethyl adjacent to an activating group) is 1. The fourth-order valence-electron chi connectivity index (χ4n) is 6.18. The van der Waals surface area contributed by atoms with Crippen molar-refractivity contribution in [1.29, 1.82) is 0 Å². The van der Waals surface area contributed by atoms with Crippen LogP contribution in [0.3, 0.4) is 0 Å². The van der Waals surface area contributed by atoms with E-state index in [-0.39, 0.29) is 29.7 Å². The van der Waals surface area contributed by atoms with Gasteiger partial charge in [-0.15, -0.1) is 0 Å². The number of carbonyl (C=O) groups excluding carboxylic acids is 2. The first-order valence-electron chi connectivity index (χ1n) is 11.5. The third-order valence-electron chi connectivity index (χ3n) is 7.86. The molecule has 11 nitrogen and oxygen atoms in total. The second kappa shape index (κ2) is 7.94. The van der Waals surface area contributed by atoms with E-state index >= 15 is 0 Å². The summed E-state index contributed by atoms with van der Waals surface area (Å²) in [6.07, 6.45) is -2.12. The van der Waals surface area contributed by atoms with Crippen LogP contribution in [0.5, 0.6) is 11.5 Å². The fraction of sp³-hybridized carbons (Fsp3) is 0.542. The van der Waals surface area contributed by atoms with Gasteiger partial charge in [-0.1, -0.05) is 6.07 Å². The minimum absolute atomic E-state index is 0.0581. The molecule has 188 valence electrons. The van der Waals surface area contributed by atoms with Crippen LogP contribution in [-0.2, 0) is 35.7 Å². The van der Waals surface area contributed by atoms with Crippen LogP contribution >= 0.6 is 0 Å². The Bertz CT molecular complexity index is 1150. The van der Waals surface area contributed by atoms with Crippen LogP contribution in [0, 0.1) is 0 Å². The van der Waals surface area contributed by atoms with Crippen molar-refractivity contribution in [3.63, 3.8) is 0 Å². The smallest absolute Gasteiger partial charge is 0.352 e. The average Bonchev–Trinajstić information content (AvgIpc) is 3.15. The Hall–Kier alpha value is -3.15. The third-order valence-corrected chi connectivity index (χ3v) is 7.86. The molecule has 1 fully saturated rings. The summed E-state index contributed by atoms with van der Waals surface area (Å²) in [7, 11) is 1.96. The molecule has 1 aromatic rings. The number of aliphatic hydroxyl groups is 2. The zero-order chi connectivity index (χ0) is 25.3. The number of aliphatic carboxylic acids is 1. The number of rotatable bonds is 6. The molecule has 0 aromatic heterocycles. The van der Waals surface area contributed by atoms with Gasteiger partial charge in [0.25, 0.3) is 0 Å². The summed E-state index contributed by atoms with van der Waals surface area (Å²) in [5, 5.41) is 40.6. The van der Waals surface area contributed by atoms with E-state index in [1.807, 2.05) is 13.1 Å². The van der Waals surface area contributed by atoms with Crippen LogP contribution in [0.2, 0.25) is 0 Å². The van der Waals surface area contributed by atoms with Gasteiger partial charge in [0.05, 0.1) is 17.4 Å². The molecular formula is C24H27NO10. The van der Waals surface area contributed by atoms with Gasteiger partial charge in [0.2, 0.25) is 0 Å². The van der Waals surface area contributed by atoms with E-state index in [2.05, 4.69) is 4.90 Å². The monoisotopic (exact) mass is 489 g/mol. The fourth-order valence-corrected chi connectivity index (χ4v) is 6.18. The number of nitrogens with zero attached hydrogens (tertiary/aromatic N) is 1. The van der Waals surface area contributed by atoms with Crippen molar-refractivity contribution in [1.82, 2.24) is 4.90 Å². The molecule has 0 amide bonds. The zero-order valence-electron chi connectivity index (χ0n) is 19.3. The Labute approximate surface area is 200 Å². The number of ether oxygens (including phenoxy) is 3. The first kappa shape index (κ1) is 23.6. The summed E-state index contributed by atoms with van der Waals surface area (Å²) in [6, 6.07) is 3.20. The lowest BCUT2D eigenvalue weighted by atomic mass is 9.50. The predicted molar refractivity (Wildman–Crippen MR) is 116 cm³/mol. The number of hydrogen-bond donors (Lipinski definition) is 4. The zero-order valence-corrected chi connectivity index (χ0v) is 19.3. The van der Waals surface area contributed by atoms with E-state index in [9.17, 15) is 29.7 Å². The molecule has 2 aliphatic heterocycles. The van der Waals surface area contributed by atoms with E-state index in [0.29, 0.717) is 19.4 Å². The SMILES string of the molecule is C[C@H](OC(=O)C[C@H](O)C(=O)O)C(=O)OC1=CC[C@@]2(O)[C@@H]3Cc4ccc(O)c5c4[C@@]2(CCN3C)[C@H]1O5. The number of esters is 2. The Morgan fingerprint density at radius 1 is 1.31 bits per heavy atom. The minimum Gasteiger partial charge on any atom is -0.504 e. The van der Waals surface area contributed by atoms with E-state index in [0.717, 1.165) is 11.1 Å². The van der Waals surface area contributed by atoms with Crippen molar-refractivity contribution in [2.75, 3.05) is 13.6 Å². The van der Waals surface area contributed by atoms with Gasteiger partial charge in [0, 0.05) is 18.0 Å². The molecule has 4 aliphatic rings. The van der Waals surface area contributed by atoms with Gasteiger partial charge in [0.15, 0.2) is 29.8 Å². The summed E-state index contributed by atoms with van der Waals surface area (Å²) in [4.78, 5) is 37.5. The number of aromatic hydroxyl groups is 1. The van der Waals surface area contributed by atoms with Crippen molar-refractivity contribution in [3.05, 3.63) is 35.1 Å². The van der Waals surface area contributed by atoms with Gasteiger partial charge in [0.1, 0.15) is 5.76 Å². The highest BCUT2D eigenvalue weighted by Gasteiger charge is 2.72. The minimum atomic E-state index is -1.94. The summed E-state index contributed by atoms with van der Waals surface area (Å²) >= 11 is 0. The molecule has 1 spiro atoms. The first-order valence-corrected chi connectivity index (χ1v) is 11.5. The number of piperidine rings is 1. The highest BCUT2D eigenvalue weighted by molar-refractivity contribution is 5.83. The number of carboxylic acids is 1. The van der Waals surface area contributed by atoms with E-state index < -0.39 is 53.7 Å². The molecule has 0 saturated carbocycles. The third kappa shape index (κ3) is 3.25. The Morgan fingerprint density at radius 2 is 2.06 bits per heavy atom. The quantitative estimate of drug-likeness (QED) is 0.397. The summed E-state index contributed by atoms with van der Waals surface area (Å²) in [5.74, 6) is -3.20. The van der Waals surface area contributed by atoms with E-state index in [4.69, 9.17) is 19.3 Å². The maximum atomic E-state index is 12.8. The predicted octanol–water partition coefficient (Wildman–Crippen LogP) is -0.0196. The largest absolute Gasteiger partial charge is 0.504 e. The number of phenols is 1. The van der Waals surface area contributed by atoms with Crippen LogP contribution in [0.25, 0.3) is 0 Å². The van der Waals surface area contributed by atoms with Gasteiger partial charge < -0.3 is 39.5 Å². The number of aliphatic hydroxyl groups excluding tert-OH is 1. The number of hydrogen-bond acceptors (Lipinski definition) is 10. The average molecular weight is 489 g/mol. The molecule has 1 aromatic carbocycles. The normalized spacial score (nSPS) is 31.9. The molecule has 4 N–H and O–H groups in total.